The molecule has 6 nitrogen and oxygen atoms in total. The number of carbonyl (C=O) groups excluding carboxylic acids is 3. The Hall–Kier alpha value is -3.41. The zero-order valence-electron chi connectivity index (χ0n) is 17.9. The minimum atomic E-state index is -0.507. The first kappa shape index (κ1) is 22.9. The molecule has 2 aromatic carbocycles. The summed E-state index contributed by atoms with van der Waals surface area (Å²) in [5.41, 5.74) is 3.89. The molecule has 0 aromatic heterocycles. The van der Waals surface area contributed by atoms with E-state index < -0.39 is 11.9 Å². The van der Waals surface area contributed by atoms with Crippen LogP contribution in [0.15, 0.2) is 42.5 Å². The Balaban J connectivity index is 2.59. The number of allylic oxidation sites excluding steroid dienone is 2. The van der Waals surface area contributed by atoms with Crippen molar-refractivity contribution in [1.29, 1.82) is 0 Å². The quantitative estimate of drug-likeness (QED) is 0.355. The van der Waals surface area contributed by atoms with E-state index >= 15 is 0 Å². The first-order chi connectivity index (χ1) is 14.2. The number of hydrogen-bond donors (Lipinski definition) is 0. The molecule has 0 radical (unpaired) electrons. The highest BCUT2D eigenvalue weighted by molar-refractivity contribution is 5.91. The largest absolute Gasteiger partial charge is 0.427 e. The molecule has 2 aromatic rings. The van der Waals surface area contributed by atoms with Crippen molar-refractivity contribution < 1.29 is 28.6 Å². The fraction of sp³-hybridized carbons (Fsp3) is 0.292. The van der Waals surface area contributed by atoms with Crippen LogP contribution in [0.2, 0.25) is 0 Å². The van der Waals surface area contributed by atoms with E-state index in [4.69, 9.17) is 14.2 Å². The third-order valence-electron chi connectivity index (χ3n) is 4.32. The molecular formula is C24H26O6. The van der Waals surface area contributed by atoms with Crippen LogP contribution in [-0.4, -0.2) is 17.9 Å². The van der Waals surface area contributed by atoms with Gasteiger partial charge in [0.2, 0.25) is 0 Å². The number of rotatable bonds is 7. The van der Waals surface area contributed by atoms with Crippen LogP contribution in [0.4, 0.5) is 0 Å². The highest BCUT2D eigenvalue weighted by Gasteiger charge is 2.15. The van der Waals surface area contributed by atoms with E-state index in [1.807, 2.05) is 38.1 Å². The van der Waals surface area contributed by atoms with Crippen LogP contribution in [0.5, 0.6) is 17.2 Å². The fourth-order valence-electron chi connectivity index (χ4n) is 3.27. The molecular weight excluding hydrogens is 384 g/mol. The lowest BCUT2D eigenvalue weighted by Crippen LogP contribution is -2.07. The van der Waals surface area contributed by atoms with Gasteiger partial charge in [0.05, 0.1) is 0 Å². The highest BCUT2D eigenvalue weighted by atomic mass is 16.6. The van der Waals surface area contributed by atoms with Crippen LogP contribution < -0.4 is 14.2 Å². The molecule has 6 heteroatoms. The van der Waals surface area contributed by atoms with E-state index in [0.717, 1.165) is 28.7 Å². The maximum absolute atomic E-state index is 11.5. The predicted octanol–water partition coefficient (Wildman–Crippen LogP) is 5.19. The first-order valence-electron chi connectivity index (χ1n) is 9.77. The summed E-state index contributed by atoms with van der Waals surface area (Å²) in [7, 11) is 0. The van der Waals surface area contributed by atoms with Crippen molar-refractivity contribution in [2.24, 2.45) is 0 Å². The van der Waals surface area contributed by atoms with Crippen molar-refractivity contribution >= 4 is 29.1 Å². The van der Waals surface area contributed by atoms with Crippen LogP contribution in [0.1, 0.15) is 58.6 Å². The van der Waals surface area contributed by atoms with Gasteiger partial charge in [0.25, 0.3) is 0 Å². The maximum Gasteiger partial charge on any atom is 0.308 e. The summed E-state index contributed by atoms with van der Waals surface area (Å²) in [5.74, 6) is -0.535. The summed E-state index contributed by atoms with van der Waals surface area (Å²) in [5, 5.41) is 0. The van der Waals surface area contributed by atoms with Crippen molar-refractivity contribution in [3.05, 3.63) is 53.6 Å². The second kappa shape index (κ2) is 10.4. The van der Waals surface area contributed by atoms with Crippen molar-refractivity contribution in [3.8, 4) is 17.2 Å². The van der Waals surface area contributed by atoms with E-state index in [9.17, 15) is 14.4 Å². The van der Waals surface area contributed by atoms with E-state index in [1.165, 1.54) is 20.8 Å². The van der Waals surface area contributed by atoms with E-state index in [1.54, 1.807) is 18.2 Å². The van der Waals surface area contributed by atoms with Crippen molar-refractivity contribution in [2.75, 3.05) is 0 Å². The number of esters is 3. The average Bonchev–Trinajstić information content (AvgIpc) is 2.66. The molecule has 30 heavy (non-hydrogen) atoms. The standard InChI is InChI=1S/C24H26O6/c1-6-21(18-9-8-10-20(13-18)28-15(3)25)22(7-2)19-11-12-23(29-16(4)26)24(14-19)30-17(5)27/h8-14H,6-7H2,1-5H3. The summed E-state index contributed by atoms with van der Waals surface area (Å²) in [6, 6.07) is 12.5. The number of hydrogen-bond acceptors (Lipinski definition) is 6. The Kier molecular flexibility index (Phi) is 7.92. The zero-order chi connectivity index (χ0) is 22.3. The van der Waals surface area contributed by atoms with Gasteiger partial charge in [-0.3, -0.25) is 14.4 Å². The summed E-state index contributed by atoms with van der Waals surface area (Å²) < 4.78 is 15.6. The van der Waals surface area contributed by atoms with Gasteiger partial charge >= 0.3 is 17.9 Å². The van der Waals surface area contributed by atoms with Crippen molar-refractivity contribution in [3.63, 3.8) is 0 Å². The van der Waals surface area contributed by atoms with Gasteiger partial charge in [-0.15, -0.1) is 0 Å². The van der Waals surface area contributed by atoms with Gasteiger partial charge in [0, 0.05) is 20.8 Å². The highest BCUT2D eigenvalue weighted by Crippen LogP contribution is 2.37. The Morgan fingerprint density at radius 3 is 1.73 bits per heavy atom. The first-order valence-corrected chi connectivity index (χ1v) is 9.77. The summed E-state index contributed by atoms with van der Waals surface area (Å²) in [4.78, 5) is 34.2. The molecule has 0 amide bonds. The molecule has 2 rings (SSSR count). The number of benzene rings is 2. The van der Waals surface area contributed by atoms with Gasteiger partial charge in [-0.25, -0.2) is 0 Å². The topological polar surface area (TPSA) is 78.9 Å². The second-order valence-corrected chi connectivity index (χ2v) is 6.63. The molecule has 158 valence electrons. The Morgan fingerprint density at radius 2 is 1.20 bits per heavy atom. The molecule has 0 aliphatic rings. The van der Waals surface area contributed by atoms with Gasteiger partial charge in [0.15, 0.2) is 11.5 Å². The molecule has 0 unspecified atom stereocenters. The van der Waals surface area contributed by atoms with Crippen LogP contribution >= 0.6 is 0 Å². The Morgan fingerprint density at radius 1 is 0.667 bits per heavy atom. The zero-order valence-corrected chi connectivity index (χ0v) is 17.9. The predicted molar refractivity (Wildman–Crippen MR) is 114 cm³/mol. The van der Waals surface area contributed by atoms with Crippen molar-refractivity contribution in [2.45, 2.75) is 47.5 Å². The molecule has 0 saturated carbocycles. The molecule has 0 heterocycles. The monoisotopic (exact) mass is 410 g/mol. The summed E-state index contributed by atoms with van der Waals surface area (Å²) >= 11 is 0. The number of ether oxygens (including phenoxy) is 3. The van der Waals surface area contributed by atoms with E-state index in [0.29, 0.717) is 12.2 Å². The van der Waals surface area contributed by atoms with Gasteiger partial charge in [0.1, 0.15) is 5.75 Å². The fourth-order valence-corrected chi connectivity index (χ4v) is 3.27. The lowest BCUT2D eigenvalue weighted by molar-refractivity contribution is -0.134. The Labute approximate surface area is 176 Å². The molecule has 0 spiro atoms. The van der Waals surface area contributed by atoms with Crippen LogP contribution in [0.3, 0.4) is 0 Å². The molecule has 0 N–H and O–H groups in total. The Bertz CT molecular complexity index is 987. The van der Waals surface area contributed by atoms with Crippen LogP contribution in [0.25, 0.3) is 11.1 Å². The third-order valence-corrected chi connectivity index (χ3v) is 4.32. The molecule has 0 aliphatic carbocycles. The van der Waals surface area contributed by atoms with Crippen LogP contribution in [-0.2, 0) is 14.4 Å². The maximum atomic E-state index is 11.5. The molecule has 0 fully saturated rings. The molecule has 0 saturated heterocycles. The molecule has 0 atom stereocenters. The summed E-state index contributed by atoms with van der Waals surface area (Å²) in [6.45, 7) is 8.02. The lowest BCUT2D eigenvalue weighted by atomic mass is 9.91. The lowest BCUT2D eigenvalue weighted by Gasteiger charge is -2.17. The van der Waals surface area contributed by atoms with E-state index in [2.05, 4.69) is 0 Å². The minimum Gasteiger partial charge on any atom is -0.427 e. The number of carbonyl (C=O) groups is 3. The van der Waals surface area contributed by atoms with Gasteiger partial charge in [-0.1, -0.05) is 32.0 Å². The molecule has 0 aliphatic heterocycles. The van der Waals surface area contributed by atoms with Gasteiger partial charge in [-0.05, 0) is 59.4 Å². The third kappa shape index (κ3) is 6.04. The van der Waals surface area contributed by atoms with Gasteiger partial charge in [-0.2, -0.15) is 0 Å². The average molecular weight is 410 g/mol. The molecule has 0 bridgehead atoms. The summed E-state index contributed by atoms with van der Waals surface area (Å²) in [6.07, 6.45) is 1.45. The SMILES string of the molecule is CCC(=C(CC)c1ccc(OC(C)=O)c(OC(C)=O)c1)c1cccc(OC(C)=O)c1. The minimum absolute atomic E-state index is 0.185. The van der Waals surface area contributed by atoms with Gasteiger partial charge < -0.3 is 14.2 Å². The van der Waals surface area contributed by atoms with E-state index in [-0.39, 0.29) is 17.5 Å². The smallest absolute Gasteiger partial charge is 0.308 e. The van der Waals surface area contributed by atoms with Crippen LogP contribution in [0, 0.1) is 0 Å². The van der Waals surface area contributed by atoms with Crippen molar-refractivity contribution in [1.82, 2.24) is 0 Å². The normalized spacial score (nSPS) is 11.4. The second-order valence-electron chi connectivity index (χ2n) is 6.63.